The zero-order valence-electron chi connectivity index (χ0n) is 15.3. The quantitative estimate of drug-likeness (QED) is 0.136. The summed E-state index contributed by atoms with van der Waals surface area (Å²) in [5.74, 6) is -5.52. The van der Waals surface area contributed by atoms with Gasteiger partial charge in [0.25, 0.3) is 0 Å². The van der Waals surface area contributed by atoms with Gasteiger partial charge in [-0.25, -0.2) is 0 Å². The van der Waals surface area contributed by atoms with E-state index in [1.165, 1.54) is 0 Å². The van der Waals surface area contributed by atoms with Gasteiger partial charge in [-0.15, -0.1) is 0 Å². The zero-order chi connectivity index (χ0) is 22.4. The molecular formula is C14H24N6O9. The lowest BCUT2D eigenvalue weighted by molar-refractivity contribution is -0.138. The molecule has 5 amide bonds. The molecule has 0 saturated carbocycles. The van der Waals surface area contributed by atoms with Crippen LogP contribution in [-0.2, 0) is 28.8 Å². The molecule has 0 rings (SSSR count). The maximum absolute atomic E-state index is 12.1. The largest absolute Gasteiger partial charge is 0.480 e. The number of amides is 5. The van der Waals surface area contributed by atoms with E-state index in [2.05, 4.69) is 21.3 Å². The number of carboxylic acid groups (broad SMARTS) is 1. The van der Waals surface area contributed by atoms with Gasteiger partial charge >= 0.3 is 5.97 Å². The molecule has 0 fully saturated rings. The van der Waals surface area contributed by atoms with E-state index in [9.17, 15) is 39.0 Å². The SMILES string of the molecule is NCC(=O)NCC(=O)N[C@@H](CO)C(=O)N[C@@H](CO)C(=O)NCC(=O)NCC(=O)O. The fourth-order valence-corrected chi connectivity index (χ4v) is 1.68. The Morgan fingerprint density at radius 3 is 1.72 bits per heavy atom. The average molecular weight is 420 g/mol. The average Bonchev–Trinajstić information content (AvgIpc) is 2.70. The van der Waals surface area contributed by atoms with Gasteiger partial charge in [0.1, 0.15) is 18.6 Å². The lowest BCUT2D eigenvalue weighted by Gasteiger charge is -2.20. The van der Waals surface area contributed by atoms with Gasteiger partial charge in [-0.1, -0.05) is 0 Å². The standard InChI is InChI=1S/C14H24N6O9/c15-1-9(23)16-3-11(25)19-8(6-22)14(29)20-7(5-21)13(28)18-2-10(24)17-4-12(26)27/h7-8,21-22H,1-6,15H2,(H,16,23)(H,17,24)(H,18,28)(H,19,25)(H,20,29)(H,26,27)/t7-,8-/m0/s1. The molecule has 0 aliphatic carbocycles. The first-order valence-corrected chi connectivity index (χ1v) is 8.19. The number of carbonyl (C=O) groups is 6. The normalized spacial score (nSPS) is 12.1. The lowest BCUT2D eigenvalue weighted by Crippen LogP contribution is -2.57. The van der Waals surface area contributed by atoms with Crippen molar-refractivity contribution in [1.29, 1.82) is 0 Å². The first kappa shape index (κ1) is 25.7. The summed E-state index contributed by atoms with van der Waals surface area (Å²) in [6.45, 7) is -3.83. The molecule has 0 aliphatic rings. The van der Waals surface area contributed by atoms with Gasteiger partial charge < -0.3 is 47.6 Å². The van der Waals surface area contributed by atoms with Gasteiger partial charge in [0.15, 0.2) is 0 Å². The summed E-state index contributed by atoms with van der Waals surface area (Å²) in [6, 6.07) is -3.00. The third-order valence-corrected chi connectivity index (χ3v) is 3.14. The number of hydrogen-bond donors (Lipinski definition) is 9. The number of aliphatic hydroxyl groups is 2. The van der Waals surface area contributed by atoms with Crippen LogP contribution in [0.3, 0.4) is 0 Å². The van der Waals surface area contributed by atoms with Crippen molar-refractivity contribution in [3.05, 3.63) is 0 Å². The Labute approximate surface area is 164 Å². The molecule has 29 heavy (non-hydrogen) atoms. The molecule has 0 heterocycles. The number of nitrogens with two attached hydrogens (primary N) is 1. The molecule has 15 heteroatoms. The third-order valence-electron chi connectivity index (χ3n) is 3.14. The van der Waals surface area contributed by atoms with E-state index in [1.807, 2.05) is 5.32 Å². The maximum Gasteiger partial charge on any atom is 0.322 e. The summed E-state index contributed by atoms with van der Waals surface area (Å²) in [5.41, 5.74) is 5.05. The molecule has 0 radical (unpaired) electrons. The summed E-state index contributed by atoms with van der Waals surface area (Å²) in [7, 11) is 0. The van der Waals surface area contributed by atoms with Crippen molar-refractivity contribution in [2.45, 2.75) is 12.1 Å². The maximum atomic E-state index is 12.1. The minimum atomic E-state index is -1.52. The molecule has 0 aliphatic heterocycles. The van der Waals surface area contributed by atoms with Crippen molar-refractivity contribution >= 4 is 35.5 Å². The van der Waals surface area contributed by atoms with Crippen LogP contribution in [0.2, 0.25) is 0 Å². The third kappa shape index (κ3) is 11.2. The fraction of sp³-hybridized carbons (Fsp3) is 0.571. The number of carboxylic acids is 1. The number of carbonyl (C=O) groups excluding carboxylic acids is 5. The summed E-state index contributed by atoms with van der Waals surface area (Å²) in [4.78, 5) is 68.2. The second-order valence-electron chi connectivity index (χ2n) is 5.42. The highest BCUT2D eigenvalue weighted by Gasteiger charge is 2.26. The van der Waals surface area contributed by atoms with Crippen LogP contribution in [0, 0.1) is 0 Å². The smallest absolute Gasteiger partial charge is 0.322 e. The number of rotatable bonds is 13. The van der Waals surface area contributed by atoms with Crippen molar-refractivity contribution in [3.8, 4) is 0 Å². The predicted octanol–water partition coefficient (Wildman–Crippen LogP) is -6.67. The van der Waals surface area contributed by atoms with E-state index in [0.29, 0.717) is 0 Å². The van der Waals surface area contributed by atoms with Crippen LogP contribution in [-0.4, -0.2) is 102 Å². The van der Waals surface area contributed by atoms with Crippen LogP contribution < -0.4 is 32.3 Å². The van der Waals surface area contributed by atoms with Crippen molar-refractivity contribution in [2.75, 3.05) is 39.4 Å². The van der Waals surface area contributed by atoms with E-state index in [0.717, 1.165) is 0 Å². The fourth-order valence-electron chi connectivity index (χ4n) is 1.68. The molecule has 15 nitrogen and oxygen atoms in total. The lowest BCUT2D eigenvalue weighted by atomic mass is 10.2. The van der Waals surface area contributed by atoms with Gasteiger partial charge in [0.05, 0.1) is 32.8 Å². The summed E-state index contributed by atoms with van der Waals surface area (Å²) in [6.07, 6.45) is 0. The van der Waals surface area contributed by atoms with Gasteiger partial charge in [0.2, 0.25) is 29.5 Å². The van der Waals surface area contributed by atoms with Crippen LogP contribution >= 0.6 is 0 Å². The minimum Gasteiger partial charge on any atom is -0.480 e. The molecular weight excluding hydrogens is 396 g/mol. The number of nitrogens with one attached hydrogen (secondary N) is 5. The van der Waals surface area contributed by atoms with E-state index < -0.39 is 80.4 Å². The van der Waals surface area contributed by atoms with E-state index in [4.69, 9.17) is 10.8 Å². The predicted molar refractivity (Wildman–Crippen MR) is 93.8 cm³/mol. The highest BCUT2D eigenvalue weighted by Crippen LogP contribution is 1.89. The van der Waals surface area contributed by atoms with Gasteiger partial charge in [-0.05, 0) is 0 Å². The van der Waals surface area contributed by atoms with Crippen molar-refractivity contribution < 1.29 is 44.1 Å². The number of hydrogen-bond acceptors (Lipinski definition) is 9. The van der Waals surface area contributed by atoms with Crippen LogP contribution in [0.15, 0.2) is 0 Å². The molecule has 0 unspecified atom stereocenters. The molecule has 0 saturated heterocycles. The second kappa shape index (κ2) is 13.8. The monoisotopic (exact) mass is 420 g/mol. The van der Waals surface area contributed by atoms with Crippen LogP contribution in [0.5, 0.6) is 0 Å². The summed E-state index contributed by atoms with van der Waals surface area (Å²) in [5, 5.41) is 37.2. The molecule has 2 atom stereocenters. The Morgan fingerprint density at radius 2 is 1.21 bits per heavy atom. The van der Waals surface area contributed by atoms with Gasteiger partial charge in [-0.3, -0.25) is 28.8 Å². The Balaban J connectivity index is 4.58. The van der Waals surface area contributed by atoms with Gasteiger partial charge in [0, 0.05) is 0 Å². The number of aliphatic hydroxyl groups excluding tert-OH is 2. The highest BCUT2D eigenvalue weighted by atomic mass is 16.4. The Kier molecular flexibility index (Phi) is 12.2. The summed E-state index contributed by atoms with van der Waals surface area (Å²) >= 11 is 0. The van der Waals surface area contributed by atoms with E-state index in [1.54, 1.807) is 0 Å². The Bertz CT molecular complexity index is 627. The van der Waals surface area contributed by atoms with Crippen LogP contribution in [0.25, 0.3) is 0 Å². The molecule has 10 N–H and O–H groups in total. The van der Waals surface area contributed by atoms with Crippen LogP contribution in [0.4, 0.5) is 0 Å². The van der Waals surface area contributed by atoms with Gasteiger partial charge in [-0.2, -0.15) is 0 Å². The number of aliphatic carboxylic acids is 1. The minimum absolute atomic E-state index is 0.348. The highest BCUT2D eigenvalue weighted by molar-refractivity contribution is 5.94. The first-order chi connectivity index (χ1) is 13.6. The molecule has 0 spiro atoms. The van der Waals surface area contributed by atoms with E-state index >= 15 is 0 Å². The zero-order valence-corrected chi connectivity index (χ0v) is 15.3. The summed E-state index contributed by atoms with van der Waals surface area (Å²) < 4.78 is 0. The van der Waals surface area contributed by atoms with Crippen molar-refractivity contribution in [3.63, 3.8) is 0 Å². The molecule has 0 bridgehead atoms. The van der Waals surface area contributed by atoms with Crippen molar-refractivity contribution in [2.24, 2.45) is 5.73 Å². The molecule has 164 valence electrons. The van der Waals surface area contributed by atoms with Crippen molar-refractivity contribution in [1.82, 2.24) is 26.6 Å². The Morgan fingerprint density at radius 1 is 0.690 bits per heavy atom. The molecule has 0 aromatic rings. The second-order valence-corrected chi connectivity index (χ2v) is 5.42. The Hall–Kier alpha value is -3.30. The molecule has 0 aromatic carbocycles. The topological polar surface area (TPSA) is 249 Å². The van der Waals surface area contributed by atoms with E-state index in [-0.39, 0.29) is 6.54 Å². The molecule has 0 aromatic heterocycles. The van der Waals surface area contributed by atoms with Crippen LogP contribution in [0.1, 0.15) is 0 Å². The first-order valence-electron chi connectivity index (χ1n) is 8.19.